The van der Waals surface area contributed by atoms with Crippen LogP contribution in [0.4, 0.5) is 5.82 Å². The number of anilines is 1. The van der Waals surface area contributed by atoms with Crippen molar-refractivity contribution in [1.82, 2.24) is 15.3 Å². The standard InChI is InChI=1S/C21H24Cl2N4/c22-17-7-5-6-16-14(17)8-9-21(16)12-18-15(13-24-21)19(26-20(23)25-18)27-10-3-1-2-4-11-27/h5-7,24H,1-4,8-13H2/t21-/m0/s1. The Morgan fingerprint density at radius 3 is 2.63 bits per heavy atom. The molecule has 2 aromatic rings. The maximum absolute atomic E-state index is 6.46. The van der Waals surface area contributed by atoms with E-state index in [4.69, 9.17) is 23.2 Å². The molecule has 4 nitrogen and oxygen atoms in total. The van der Waals surface area contributed by atoms with Crippen LogP contribution in [-0.4, -0.2) is 23.1 Å². The molecule has 2 aliphatic heterocycles. The molecule has 5 rings (SSSR count). The second-order valence-electron chi connectivity index (χ2n) is 8.02. The highest BCUT2D eigenvalue weighted by Crippen LogP contribution is 2.45. The van der Waals surface area contributed by atoms with Gasteiger partial charge >= 0.3 is 0 Å². The van der Waals surface area contributed by atoms with Crippen molar-refractivity contribution in [2.45, 2.75) is 57.0 Å². The van der Waals surface area contributed by atoms with Crippen LogP contribution in [0.2, 0.25) is 10.3 Å². The maximum Gasteiger partial charge on any atom is 0.224 e. The van der Waals surface area contributed by atoms with Crippen LogP contribution in [0, 0.1) is 0 Å². The molecule has 27 heavy (non-hydrogen) atoms. The molecule has 3 aliphatic rings. The first kappa shape index (κ1) is 17.7. The van der Waals surface area contributed by atoms with Gasteiger partial charge in [-0.1, -0.05) is 36.6 Å². The lowest BCUT2D eigenvalue weighted by Gasteiger charge is -2.38. The first-order chi connectivity index (χ1) is 13.2. The van der Waals surface area contributed by atoms with Gasteiger partial charge in [-0.25, -0.2) is 9.97 Å². The number of aromatic nitrogens is 2. The molecule has 1 fully saturated rings. The molecule has 1 aromatic carbocycles. The lowest BCUT2D eigenvalue weighted by molar-refractivity contribution is 0.302. The fourth-order valence-electron chi connectivity index (χ4n) is 5.07. The van der Waals surface area contributed by atoms with E-state index >= 15 is 0 Å². The van der Waals surface area contributed by atoms with Gasteiger partial charge in [0.25, 0.3) is 0 Å². The number of nitrogens with zero attached hydrogens (tertiary/aromatic N) is 3. The van der Waals surface area contributed by atoms with Crippen LogP contribution in [-0.2, 0) is 24.9 Å². The van der Waals surface area contributed by atoms with Gasteiger partial charge in [-0.3, -0.25) is 0 Å². The van der Waals surface area contributed by atoms with Crippen molar-refractivity contribution in [3.8, 4) is 0 Å². The molecule has 0 amide bonds. The number of rotatable bonds is 1. The minimum atomic E-state index is -0.0824. The normalized spacial score (nSPS) is 24.6. The molecule has 0 unspecified atom stereocenters. The molecule has 1 N–H and O–H groups in total. The molecule has 1 spiro atoms. The Labute approximate surface area is 170 Å². The van der Waals surface area contributed by atoms with E-state index in [1.54, 1.807) is 0 Å². The third kappa shape index (κ3) is 3.02. The second kappa shape index (κ2) is 6.91. The monoisotopic (exact) mass is 402 g/mol. The first-order valence-electron chi connectivity index (χ1n) is 9.99. The molecule has 1 aliphatic carbocycles. The lowest BCUT2D eigenvalue weighted by atomic mass is 9.82. The summed E-state index contributed by atoms with van der Waals surface area (Å²) in [6, 6.07) is 6.26. The van der Waals surface area contributed by atoms with Crippen LogP contribution in [0.1, 0.15) is 54.5 Å². The van der Waals surface area contributed by atoms with Crippen LogP contribution in [0.3, 0.4) is 0 Å². The van der Waals surface area contributed by atoms with Gasteiger partial charge in [-0.2, -0.15) is 0 Å². The molecule has 3 heterocycles. The Hall–Kier alpha value is -1.36. The van der Waals surface area contributed by atoms with E-state index in [0.717, 1.165) is 55.4 Å². The Morgan fingerprint density at radius 2 is 1.81 bits per heavy atom. The van der Waals surface area contributed by atoms with Crippen LogP contribution >= 0.6 is 23.2 Å². The SMILES string of the molecule is Clc1nc2c(c(N3CCCCCC3)n1)CN[C@@]1(CCc3c(Cl)cccc31)C2. The van der Waals surface area contributed by atoms with Gasteiger partial charge in [0.15, 0.2) is 0 Å². The largest absolute Gasteiger partial charge is 0.356 e. The second-order valence-corrected chi connectivity index (χ2v) is 8.77. The summed E-state index contributed by atoms with van der Waals surface area (Å²) in [5, 5.41) is 5.09. The number of fused-ring (bicyclic) bond motifs is 3. The van der Waals surface area contributed by atoms with Gasteiger partial charge in [0.2, 0.25) is 5.28 Å². The Balaban J connectivity index is 1.54. The van der Waals surface area contributed by atoms with Crippen LogP contribution in [0.5, 0.6) is 0 Å². The summed E-state index contributed by atoms with van der Waals surface area (Å²) < 4.78 is 0. The fourth-order valence-corrected chi connectivity index (χ4v) is 5.52. The quantitative estimate of drug-likeness (QED) is 0.704. The molecule has 142 valence electrons. The van der Waals surface area contributed by atoms with Crippen molar-refractivity contribution in [3.05, 3.63) is 50.9 Å². The zero-order valence-corrected chi connectivity index (χ0v) is 16.9. The molecule has 1 aromatic heterocycles. The molecular formula is C21H24Cl2N4. The van der Waals surface area contributed by atoms with Crippen LogP contribution < -0.4 is 10.2 Å². The number of nitrogens with one attached hydrogen (secondary N) is 1. The molecule has 1 atom stereocenters. The first-order valence-corrected chi connectivity index (χ1v) is 10.7. The van der Waals surface area contributed by atoms with Crippen molar-refractivity contribution in [3.63, 3.8) is 0 Å². The molecule has 0 bridgehead atoms. The van der Waals surface area contributed by atoms with E-state index in [9.17, 15) is 0 Å². The van der Waals surface area contributed by atoms with Crippen molar-refractivity contribution < 1.29 is 0 Å². The van der Waals surface area contributed by atoms with Crippen LogP contribution in [0.15, 0.2) is 18.2 Å². The summed E-state index contributed by atoms with van der Waals surface area (Å²) in [4.78, 5) is 11.7. The zero-order chi connectivity index (χ0) is 18.4. The highest BCUT2D eigenvalue weighted by atomic mass is 35.5. The Bertz CT molecular complexity index is 877. The zero-order valence-electron chi connectivity index (χ0n) is 15.4. The van der Waals surface area contributed by atoms with Gasteiger partial charge < -0.3 is 10.2 Å². The van der Waals surface area contributed by atoms with Crippen molar-refractivity contribution in [2.24, 2.45) is 0 Å². The highest BCUT2D eigenvalue weighted by molar-refractivity contribution is 6.31. The minimum Gasteiger partial charge on any atom is -0.356 e. The number of halogens is 2. The maximum atomic E-state index is 6.46. The summed E-state index contributed by atoms with van der Waals surface area (Å²) in [5.74, 6) is 1.04. The summed E-state index contributed by atoms with van der Waals surface area (Å²) in [6.07, 6.45) is 7.95. The third-order valence-electron chi connectivity index (χ3n) is 6.46. The van der Waals surface area contributed by atoms with E-state index in [1.807, 2.05) is 6.07 Å². The summed E-state index contributed by atoms with van der Waals surface area (Å²) in [7, 11) is 0. The van der Waals surface area contributed by atoms with E-state index in [0.29, 0.717) is 5.28 Å². The van der Waals surface area contributed by atoms with Gasteiger partial charge in [0.1, 0.15) is 5.82 Å². The average Bonchev–Trinajstić information content (AvgIpc) is 2.84. The average molecular weight is 403 g/mol. The Morgan fingerprint density at radius 1 is 1.00 bits per heavy atom. The summed E-state index contributed by atoms with van der Waals surface area (Å²) in [6.45, 7) is 2.90. The van der Waals surface area contributed by atoms with Gasteiger partial charge in [0, 0.05) is 42.2 Å². The van der Waals surface area contributed by atoms with Crippen molar-refractivity contribution in [1.29, 1.82) is 0 Å². The van der Waals surface area contributed by atoms with Crippen LogP contribution in [0.25, 0.3) is 0 Å². The van der Waals surface area contributed by atoms with E-state index in [-0.39, 0.29) is 5.54 Å². The van der Waals surface area contributed by atoms with E-state index < -0.39 is 0 Å². The van der Waals surface area contributed by atoms with Crippen molar-refractivity contribution >= 4 is 29.0 Å². The summed E-state index contributed by atoms with van der Waals surface area (Å²) in [5.41, 5.74) is 4.85. The fraction of sp³-hybridized carbons (Fsp3) is 0.524. The molecule has 0 radical (unpaired) electrons. The smallest absolute Gasteiger partial charge is 0.224 e. The molecular weight excluding hydrogens is 379 g/mol. The van der Waals surface area contributed by atoms with Gasteiger partial charge in [-0.05, 0) is 54.5 Å². The molecule has 6 heteroatoms. The summed E-state index contributed by atoms with van der Waals surface area (Å²) >= 11 is 12.8. The minimum absolute atomic E-state index is 0.0824. The van der Waals surface area contributed by atoms with Gasteiger partial charge in [0.05, 0.1) is 5.69 Å². The highest BCUT2D eigenvalue weighted by Gasteiger charge is 2.43. The topological polar surface area (TPSA) is 41.1 Å². The number of hydrogen-bond acceptors (Lipinski definition) is 4. The van der Waals surface area contributed by atoms with E-state index in [1.165, 1.54) is 42.4 Å². The van der Waals surface area contributed by atoms with Crippen molar-refractivity contribution in [2.75, 3.05) is 18.0 Å². The molecule has 1 saturated heterocycles. The van der Waals surface area contributed by atoms with Gasteiger partial charge in [-0.15, -0.1) is 0 Å². The molecule has 0 saturated carbocycles. The third-order valence-corrected chi connectivity index (χ3v) is 6.98. The lowest BCUT2D eigenvalue weighted by Crippen LogP contribution is -2.46. The number of hydrogen-bond donors (Lipinski definition) is 1. The van der Waals surface area contributed by atoms with E-state index in [2.05, 4.69) is 32.3 Å². The number of benzene rings is 1. The predicted octanol–water partition coefficient (Wildman–Crippen LogP) is 4.65. The Kier molecular flexibility index (Phi) is 4.53. The predicted molar refractivity (Wildman–Crippen MR) is 110 cm³/mol.